The summed E-state index contributed by atoms with van der Waals surface area (Å²) in [7, 11) is 0. The Morgan fingerprint density at radius 3 is 2.78 bits per heavy atom. The van der Waals surface area contributed by atoms with Crippen molar-refractivity contribution in [3.8, 4) is 0 Å². The number of carbonyl (C=O) groups excluding carboxylic acids is 1. The van der Waals surface area contributed by atoms with Gasteiger partial charge in [0, 0.05) is 23.3 Å². The molecule has 1 rings (SSSR count). The fourth-order valence-corrected chi connectivity index (χ4v) is 2.35. The minimum absolute atomic E-state index is 0.239. The van der Waals surface area contributed by atoms with E-state index in [0.29, 0.717) is 0 Å². The summed E-state index contributed by atoms with van der Waals surface area (Å²) in [5.74, 6) is -1.17. The molecule has 0 aliphatic heterocycles. The maximum atomic E-state index is 10.9. The molecule has 2 N–H and O–H groups in total. The Kier molecular flexibility index (Phi) is 5.61. The smallest absolute Gasteiger partial charge is 0.327 e. The fourth-order valence-electron chi connectivity index (χ4n) is 1.18. The van der Waals surface area contributed by atoms with Crippen LogP contribution in [0.2, 0.25) is 0 Å². The van der Waals surface area contributed by atoms with E-state index in [-0.39, 0.29) is 11.7 Å². The second-order valence-corrected chi connectivity index (χ2v) is 5.57. The molecule has 18 heavy (non-hydrogen) atoms. The number of thioether (sulfide) groups is 1. The van der Waals surface area contributed by atoms with Crippen LogP contribution in [0, 0.1) is 6.92 Å². The number of carboxylic acids is 1. The lowest BCUT2D eigenvalue weighted by Crippen LogP contribution is -2.41. The van der Waals surface area contributed by atoms with E-state index in [1.807, 2.05) is 13.0 Å². The molecule has 0 bridgehead atoms. The van der Waals surface area contributed by atoms with Gasteiger partial charge in [-0.15, -0.1) is 11.8 Å². The van der Waals surface area contributed by atoms with Gasteiger partial charge in [-0.1, -0.05) is 0 Å². The van der Waals surface area contributed by atoms with Crippen molar-refractivity contribution in [3.05, 3.63) is 22.3 Å². The summed E-state index contributed by atoms with van der Waals surface area (Å²) in [6.07, 6.45) is 1.67. The van der Waals surface area contributed by atoms with Crippen LogP contribution < -0.4 is 5.32 Å². The topological polar surface area (TPSA) is 79.3 Å². The monoisotopic (exact) mass is 332 g/mol. The standard InChI is InChI=1S/C11H13BrN2O3S/c1-6-3-10(13-4-8(6)12)18-5-9(11(16)17)14-7(2)15/h3-4,9H,5H2,1-2H3,(H,14,15)(H,16,17). The van der Waals surface area contributed by atoms with Gasteiger partial charge >= 0.3 is 5.97 Å². The summed E-state index contributed by atoms with van der Waals surface area (Å²) in [6, 6.07) is 0.958. The van der Waals surface area contributed by atoms with E-state index < -0.39 is 12.0 Å². The summed E-state index contributed by atoms with van der Waals surface area (Å²) in [4.78, 5) is 25.9. The first kappa shape index (κ1) is 15.0. The summed E-state index contributed by atoms with van der Waals surface area (Å²) >= 11 is 4.64. The van der Waals surface area contributed by atoms with Gasteiger partial charge in [0.15, 0.2) is 0 Å². The molecule has 1 atom stereocenters. The zero-order chi connectivity index (χ0) is 13.7. The van der Waals surface area contributed by atoms with Crippen molar-refractivity contribution in [3.63, 3.8) is 0 Å². The summed E-state index contributed by atoms with van der Waals surface area (Å²) < 4.78 is 0.906. The van der Waals surface area contributed by atoms with E-state index in [2.05, 4.69) is 26.2 Å². The molecule has 0 radical (unpaired) electrons. The highest BCUT2D eigenvalue weighted by Gasteiger charge is 2.18. The first-order valence-electron chi connectivity index (χ1n) is 5.15. The third kappa shape index (κ3) is 4.66. The molecule has 1 amide bonds. The van der Waals surface area contributed by atoms with Crippen LogP contribution in [0.25, 0.3) is 0 Å². The van der Waals surface area contributed by atoms with Gasteiger partial charge in [-0.3, -0.25) is 4.79 Å². The van der Waals surface area contributed by atoms with Crippen LogP contribution >= 0.6 is 27.7 Å². The second-order valence-electron chi connectivity index (χ2n) is 3.67. The number of nitrogens with one attached hydrogen (secondary N) is 1. The van der Waals surface area contributed by atoms with Crippen LogP contribution in [0.1, 0.15) is 12.5 Å². The van der Waals surface area contributed by atoms with E-state index in [0.717, 1.165) is 15.1 Å². The van der Waals surface area contributed by atoms with Gasteiger partial charge in [-0.05, 0) is 34.5 Å². The Morgan fingerprint density at radius 1 is 1.61 bits per heavy atom. The number of halogens is 1. The lowest BCUT2D eigenvalue weighted by molar-refractivity contribution is -0.140. The summed E-state index contributed by atoms with van der Waals surface area (Å²) in [5.41, 5.74) is 1.03. The first-order chi connectivity index (χ1) is 8.40. The predicted octanol–water partition coefficient (Wildman–Crippen LogP) is 1.83. The Bertz CT molecular complexity index is 468. The number of hydrogen-bond acceptors (Lipinski definition) is 4. The highest BCUT2D eigenvalue weighted by atomic mass is 79.9. The average Bonchev–Trinajstić information content (AvgIpc) is 2.28. The number of aromatic nitrogens is 1. The van der Waals surface area contributed by atoms with Gasteiger partial charge in [-0.25, -0.2) is 9.78 Å². The molecule has 0 saturated carbocycles. The SMILES string of the molecule is CC(=O)NC(CSc1cc(C)c(Br)cn1)C(=O)O. The molecule has 1 aromatic rings. The van der Waals surface area contributed by atoms with Gasteiger partial charge in [-0.2, -0.15) is 0 Å². The predicted molar refractivity (Wildman–Crippen MR) is 72.6 cm³/mol. The highest BCUT2D eigenvalue weighted by molar-refractivity contribution is 9.10. The van der Waals surface area contributed by atoms with Gasteiger partial charge < -0.3 is 10.4 Å². The van der Waals surface area contributed by atoms with Crippen LogP contribution in [0.5, 0.6) is 0 Å². The molecule has 0 spiro atoms. The van der Waals surface area contributed by atoms with Crippen molar-refractivity contribution in [2.24, 2.45) is 0 Å². The minimum atomic E-state index is -1.05. The number of aryl methyl sites for hydroxylation is 1. The number of carboxylic acid groups (broad SMARTS) is 1. The molecule has 1 heterocycles. The molecular formula is C11H13BrN2O3S. The summed E-state index contributed by atoms with van der Waals surface area (Å²) in [6.45, 7) is 3.22. The van der Waals surface area contributed by atoms with Crippen molar-refractivity contribution >= 4 is 39.6 Å². The normalized spacial score (nSPS) is 11.9. The number of pyridine rings is 1. The van der Waals surface area contributed by atoms with E-state index in [1.54, 1.807) is 6.20 Å². The largest absolute Gasteiger partial charge is 0.480 e. The molecule has 0 fully saturated rings. The van der Waals surface area contributed by atoms with Gasteiger partial charge in [0.25, 0.3) is 0 Å². The molecule has 0 aliphatic rings. The molecule has 0 saturated heterocycles. The Labute approximate surface area is 117 Å². The van der Waals surface area contributed by atoms with Gasteiger partial charge in [0.1, 0.15) is 6.04 Å². The van der Waals surface area contributed by atoms with Crippen molar-refractivity contribution in [2.75, 3.05) is 5.75 Å². The van der Waals surface area contributed by atoms with E-state index in [9.17, 15) is 9.59 Å². The number of amides is 1. The van der Waals surface area contributed by atoms with E-state index in [4.69, 9.17) is 5.11 Å². The molecular weight excluding hydrogens is 320 g/mol. The van der Waals surface area contributed by atoms with Gasteiger partial charge in [0.05, 0.1) is 5.03 Å². The van der Waals surface area contributed by atoms with Crippen molar-refractivity contribution < 1.29 is 14.7 Å². The van der Waals surface area contributed by atoms with Crippen LogP contribution in [0.15, 0.2) is 21.8 Å². The minimum Gasteiger partial charge on any atom is -0.480 e. The molecule has 7 heteroatoms. The number of aliphatic carboxylic acids is 1. The Balaban J connectivity index is 2.64. The van der Waals surface area contributed by atoms with E-state index >= 15 is 0 Å². The number of nitrogens with zero attached hydrogens (tertiary/aromatic N) is 1. The summed E-state index contributed by atoms with van der Waals surface area (Å²) in [5, 5.41) is 12.1. The molecule has 98 valence electrons. The molecule has 1 aromatic heterocycles. The lowest BCUT2D eigenvalue weighted by Gasteiger charge is -2.12. The highest BCUT2D eigenvalue weighted by Crippen LogP contribution is 2.22. The third-order valence-electron chi connectivity index (χ3n) is 2.10. The quantitative estimate of drug-likeness (QED) is 0.804. The maximum Gasteiger partial charge on any atom is 0.327 e. The molecule has 0 aromatic carbocycles. The van der Waals surface area contributed by atoms with Crippen LogP contribution in [0.4, 0.5) is 0 Å². The van der Waals surface area contributed by atoms with Gasteiger partial charge in [0.2, 0.25) is 5.91 Å². The second kappa shape index (κ2) is 6.75. The van der Waals surface area contributed by atoms with Crippen LogP contribution in [-0.4, -0.2) is 33.8 Å². The fraction of sp³-hybridized carbons (Fsp3) is 0.364. The van der Waals surface area contributed by atoms with Crippen molar-refractivity contribution in [2.45, 2.75) is 24.9 Å². The van der Waals surface area contributed by atoms with Crippen LogP contribution in [0.3, 0.4) is 0 Å². The molecule has 1 unspecified atom stereocenters. The zero-order valence-electron chi connectivity index (χ0n) is 9.94. The zero-order valence-corrected chi connectivity index (χ0v) is 12.3. The molecule has 5 nitrogen and oxygen atoms in total. The number of carbonyl (C=O) groups is 2. The lowest BCUT2D eigenvalue weighted by atomic mass is 10.3. The molecule has 0 aliphatic carbocycles. The average molecular weight is 333 g/mol. The number of hydrogen-bond donors (Lipinski definition) is 2. The third-order valence-corrected chi connectivity index (χ3v) is 3.94. The van der Waals surface area contributed by atoms with Crippen LogP contribution in [-0.2, 0) is 9.59 Å². The van der Waals surface area contributed by atoms with E-state index in [1.165, 1.54) is 18.7 Å². The maximum absolute atomic E-state index is 10.9. The number of rotatable bonds is 5. The van der Waals surface area contributed by atoms with Crippen molar-refractivity contribution in [1.29, 1.82) is 0 Å². The van der Waals surface area contributed by atoms with Crippen molar-refractivity contribution in [1.82, 2.24) is 10.3 Å². The Morgan fingerprint density at radius 2 is 2.28 bits per heavy atom. The Hall–Kier alpha value is -1.08. The first-order valence-corrected chi connectivity index (χ1v) is 6.93.